The van der Waals surface area contributed by atoms with E-state index in [0.29, 0.717) is 12.1 Å². The number of hydrogen-bond acceptors (Lipinski definition) is 3. The van der Waals surface area contributed by atoms with E-state index in [1.54, 1.807) is 7.11 Å². The summed E-state index contributed by atoms with van der Waals surface area (Å²) >= 11 is 0. The molecule has 0 aromatic heterocycles. The lowest BCUT2D eigenvalue weighted by Crippen LogP contribution is -2.35. The third kappa shape index (κ3) is 4.45. The number of para-hydroxylation sites is 1. The van der Waals surface area contributed by atoms with Crippen LogP contribution in [-0.2, 0) is 4.74 Å². The Hall–Kier alpha value is -1.06. The van der Waals surface area contributed by atoms with E-state index >= 15 is 0 Å². The van der Waals surface area contributed by atoms with Crippen LogP contribution in [-0.4, -0.2) is 26.4 Å². The van der Waals surface area contributed by atoms with Gasteiger partial charge in [0.2, 0.25) is 0 Å². The van der Waals surface area contributed by atoms with E-state index in [-0.39, 0.29) is 0 Å². The first-order valence-electron chi connectivity index (χ1n) is 8.26. The molecule has 1 aliphatic rings. The molecule has 1 aromatic carbocycles. The summed E-state index contributed by atoms with van der Waals surface area (Å²) in [6.45, 7) is 6.17. The van der Waals surface area contributed by atoms with E-state index in [9.17, 15) is 0 Å². The molecular formula is C18H29NO2. The second kappa shape index (κ2) is 8.40. The number of nitrogens with one attached hydrogen (secondary N) is 1. The molecular weight excluding hydrogens is 262 g/mol. The quantitative estimate of drug-likeness (QED) is 0.747. The molecule has 0 saturated heterocycles. The van der Waals surface area contributed by atoms with Crippen molar-refractivity contribution in [3.8, 4) is 5.75 Å². The molecule has 0 heterocycles. The number of rotatable bonds is 9. The first kappa shape index (κ1) is 16.3. The standard InChI is InChI=1S/C18H29NO2/c1-4-10-19-17(13-14-11-15(12-14)21-5-2)16-8-6-7-9-18(16)20-3/h6-9,14-15,17,19H,4-5,10-13H2,1-3H3. The van der Waals surface area contributed by atoms with Gasteiger partial charge >= 0.3 is 0 Å². The molecule has 0 aliphatic heterocycles. The zero-order valence-corrected chi connectivity index (χ0v) is 13.6. The van der Waals surface area contributed by atoms with Gasteiger partial charge in [-0.3, -0.25) is 0 Å². The lowest BCUT2D eigenvalue weighted by atomic mass is 9.77. The van der Waals surface area contributed by atoms with Crippen LogP contribution in [0.15, 0.2) is 24.3 Å². The van der Waals surface area contributed by atoms with E-state index in [0.717, 1.165) is 31.2 Å². The molecule has 1 fully saturated rings. The first-order valence-corrected chi connectivity index (χ1v) is 8.26. The van der Waals surface area contributed by atoms with E-state index in [4.69, 9.17) is 9.47 Å². The molecule has 118 valence electrons. The van der Waals surface area contributed by atoms with Crippen LogP contribution in [0.25, 0.3) is 0 Å². The second-order valence-corrected chi connectivity index (χ2v) is 5.90. The smallest absolute Gasteiger partial charge is 0.123 e. The number of methoxy groups -OCH3 is 1. The van der Waals surface area contributed by atoms with Gasteiger partial charge in [0.25, 0.3) is 0 Å². The van der Waals surface area contributed by atoms with Crippen LogP contribution in [0.1, 0.15) is 51.1 Å². The minimum atomic E-state index is 0.383. The minimum absolute atomic E-state index is 0.383. The molecule has 0 bridgehead atoms. The molecule has 1 atom stereocenters. The van der Waals surface area contributed by atoms with Gasteiger partial charge in [0.1, 0.15) is 5.75 Å². The Morgan fingerprint density at radius 3 is 2.67 bits per heavy atom. The van der Waals surface area contributed by atoms with Gasteiger partial charge in [-0.2, -0.15) is 0 Å². The monoisotopic (exact) mass is 291 g/mol. The van der Waals surface area contributed by atoms with Gasteiger partial charge in [0.15, 0.2) is 0 Å². The molecule has 1 aromatic rings. The summed E-state index contributed by atoms with van der Waals surface area (Å²) in [7, 11) is 1.75. The minimum Gasteiger partial charge on any atom is -0.496 e. The van der Waals surface area contributed by atoms with Crippen LogP contribution < -0.4 is 10.1 Å². The summed E-state index contributed by atoms with van der Waals surface area (Å²) in [6, 6.07) is 8.76. The van der Waals surface area contributed by atoms with Crippen molar-refractivity contribution in [1.82, 2.24) is 5.32 Å². The maximum absolute atomic E-state index is 5.68. The molecule has 1 aliphatic carbocycles. The van der Waals surface area contributed by atoms with Crippen molar-refractivity contribution in [2.24, 2.45) is 5.92 Å². The summed E-state index contributed by atoms with van der Waals surface area (Å²) in [5.74, 6) is 1.76. The summed E-state index contributed by atoms with van der Waals surface area (Å²) in [5, 5.41) is 3.69. The van der Waals surface area contributed by atoms with Crippen molar-refractivity contribution < 1.29 is 9.47 Å². The highest BCUT2D eigenvalue weighted by molar-refractivity contribution is 5.36. The molecule has 1 unspecified atom stereocenters. The van der Waals surface area contributed by atoms with Crippen LogP contribution in [0.3, 0.4) is 0 Å². The van der Waals surface area contributed by atoms with Gasteiger partial charge in [0.05, 0.1) is 13.2 Å². The van der Waals surface area contributed by atoms with Crippen molar-refractivity contribution in [1.29, 1.82) is 0 Å². The topological polar surface area (TPSA) is 30.5 Å². The van der Waals surface area contributed by atoms with Gasteiger partial charge in [-0.15, -0.1) is 0 Å². The van der Waals surface area contributed by atoms with Gasteiger partial charge in [-0.05, 0) is 51.1 Å². The molecule has 0 radical (unpaired) electrons. The van der Waals surface area contributed by atoms with Crippen LogP contribution in [0.2, 0.25) is 0 Å². The van der Waals surface area contributed by atoms with Gasteiger partial charge in [-0.25, -0.2) is 0 Å². The van der Waals surface area contributed by atoms with Crippen LogP contribution in [0.4, 0.5) is 0 Å². The predicted octanol–water partition coefficient (Wildman–Crippen LogP) is 3.94. The van der Waals surface area contributed by atoms with E-state index in [2.05, 4.69) is 37.4 Å². The zero-order chi connectivity index (χ0) is 15.1. The Labute approximate surface area is 129 Å². The average Bonchev–Trinajstić information content (AvgIpc) is 2.48. The molecule has 0 spiro atoms. The fraction of sp³-hybridized carbons (Fsp3) is 0.667. The number of hydrogen-bond donors (Lipinski definition) is 1. The Bertz CT molecular complexity index is 415. The summed E-state index contributed by atoms with van der Waals surface area (Å²) in [4.78, 5) is 0. The summed E-state index contributed by atoms with van der Waals surface area (Å²) in [6.07, 6.45) is 5.21. The molecule has 0 amide bonds. The Balaban J connectivity index is 1.98. The second-order valence-electron chi connectivity index (χ2n) is 5.90. The SMILES string of the molecule is CCCNC(CC1CC(OCC)C1)c1ccccc1OC. The maximum Gasteiger partial charge on any atom is 0.123 e. The summed E-state index contributed by atoms with van der Waals surface area (Å²) in [5.41, 5.74) is 1.29. The van der Waals surface area contributed by atoms with Crippen LogP contribution >= 0.6 is 0 Å². The fourth-order valence-electron chi connectivity index (χ4n) is 3.17. The first-order chi connectivity index (χ1) is 10.3. The van der Waals surface area contributed by atoms with E-state index in [1.807, 2.05) is 6.07 Å². The van der Waals surface area contributed by atoms with Crippen LogP contribution in [0, 0.1) is 5.92 Å². The van der Waals surface area contributed by atoms with Gasteiger partial charge in [-0.1, -0.05) is 25.1 Å². The predicted molar refractivity (Wildman–Crippen MR) is 86.8 cm³/mol. The number of ether oxygens (including phenoxy) is 2. The fourth-order valence-corrected chi connectivity index (χ4v) is 3.17. The normalized spacial score (nSPS) is 22.6. The Morgan fingerprint density at radius 1 is 1.24 bits per heavy atom. The highest BCUT2D eigenvalue weighted by Crippen LogP contribution is 2.38. The third-order valence-corrected chi connectivity index (χ3v) is 4.32. The molecule has 3 nitrogen and oxygen atoms in total. The molecule has 21 heavy (non-hydrogen) atoms. The maximum atomic E-state index is 5.68. The highest BCUT2D eigenvalue weighted by Gasteiger charge is 2.32. The van der Waals surface area contributed by atoms with Gasteiger partial charge in [0, 0.05) is 18.2 Å². The zero-order valence-electron chi connectivity index (χ0n) is 13.6. The molecule has 1 saturated carbocycles. The summed E-state index contributed by atoms with van der Waals surface area (Å²) < 4.78 is 11.2. The van der Waals surface area contributed by atoms with Crippen molar-refractivity contribution in [2.75, 3.05) is 20.3 Å². The van der Waals surface area contributed by atoms with E-state index < -0.39 is 0 Å². The van der Waals surface area contributed by atoms with Crippen molar-refractivity contribution in [3.05, 3.63) is 29.8 Å². The molecule has 1 N–H and O–H groups in total. The van der Waals surface area contributed by atoms with E-state index in [1.165, 1.54) is 24.8 Å². The lowest BCUT2D eigenvalue weighted by Gasteiger charge is -2.37. The lowest BCUT2D eigenvalue weighted by molar-refractivity contribution is -0.0291. The Morgan fingerprint density at radius 2 is 2.00 bits per heavy atom. The van der Waals surface area contributed by atoms with Crippen LogP contribution in [0.5, 0.6) is 5.75 Å². The molecule has 3 heteroatoms. The van der Waals surface area contributed by atoms with Crippen molar-refractivity contribution in [3.63, 3.8) is 0 Å². The Kier molecular flexibility index (Phi) is 6.52. The molecule has 2 rings (SSSR count). The largest absolute Gasteiger partial charge is 0.496 e. The average molecular weight is 291 g/mol. The number of benzene rings is 1. The van der Waals surface area contributed by atoms with Gasteiger partial charge < -0.3 is 14.8 Å². The van der Waals surface area contributed by atoms with Crippen molar-refractivity contribution in [2.45, 2.75) is 51.7 Å². The third-order valence-electron chi connectivity index (χ3n) is 4.32. The van der Waals surface area contributed by atoms with Crippen molar-refractivity contribution >= 4 is 0 Å². The highest BCUT2D eigenvalue weighted by atomic mass is 16.5.